The quantitative estimate of drug-likeness (QED) is 0.883. The zero-order chi connectivity index (χ0) is 13.8. The average molecular weight is 263 g/mol. The van der Waals surface area contributed by atoms with Gasteiger partial charge in [0.1, 0.15) is 5.69 Å². The van der Waals surface area contributed by atoms with E-state index < -0.39 is 5.97 Å². The molecule has 1 atom stereocenters. The van der Waals surface area contributed by atoms with Gasteiger partial charge < -0.3 is 10.0 Å². The second-order valence-electron chi connectivity index (χ2n) is 4.90. The topological polar surface area (TPSA) is 83.4 Å². The van der Waals surface area contributed by atoms with Crippen LogP contribution in [0.3, 0.4) is 0 Å². The second-order valence-corrected chi connectivity index (χ2v) is 4.90. The Morgan fingerprint density at radius 1 is 1.42 bits per heavy atom. The van der Waals surface area contributed by atoms with Gasteiger partial charge in [-0.25, -0.2) is 4.98 Å². The van der Waals surface area contributed by atoms with Crippen molar-refractivity contribution in [2.75, 3.05) is 13.1 Å². The molecule has 102 valence electrons. The number of carbonyl (C=O) groups excluding carboxylic acids is 1. The Kier molecular flexibility index (Phi) is 4.09. The van der Waals surface area contributed by atoms with Crippen LogP contribution in [0.15, 0.2) is 12.4 Å². The molecule has 0 spiro atoms. The van der Waals surface area contributed by atoms with E-state index in [0.29, 0.717) is 18.8 Å². The van der Waals surface area contributed by atoms with Crippen LogP contribution in [0.1, 0.15) is 35.4 Å². The summed E-state index contributed by atoms with van der Waals surface area (Å²) in [4.78, 5) is 32.7. The van der Waals surface area contributed by atoms with E-state index in [1.165, 1.54) is 6.20 Å². The van der Waals surface area contributed by atoms with Gasteiger partial charge in [-0.15, -0.1) is 0 Å². The minimum Gasteiger partial charge on any atom is -0.481 e. The van der Waals surface area contributed by atoms with Gasteiger partial charge in [0.15, 0.2) is 0 Å². The van der Waals surface area contributed by atoms with Gasteiger partial charge in [0.2, 0.25) is 0 Å². The van der Waals surface area contributed by atoms with Crippen molar-refractivity contribution < 1.29 is 14.7 Å². The first-order valence-corrected chi connectivity index (χ1v) is 6.36. The normalized spacial score (nSPS) is 19.2. The van der Waals surface area contributed by atoms with Crippen LogP contribution in [-0.4, -0.2) is 44.9 Å². The van der Waals surface area contributed by atoms with Crippen molar-refractivity contribution in [3.05, 3.63) is 23.8 Å². The Bertz CT molecular complexity index is 473. The Morgan fingerprint density at radius 3 is 2.84 bits per heavy atom. The first kappa shape index (κ1) is 13.5. The number of likely N-dealkylation sites (tertiary alicyclic amines) is 1. The number of rotatable bonds is 3. The Labute approximate surface area is 111 Å². The van der Waals surface area contributed by atoms with Crippen LogP contribution < -0.4 is 0 Å². The van der Waals surface area contributed by atoms with Crippen molar-refractivity contribution in [1.29, 1.82) is 0 Å². The molecule has 0 bridgehead atoms. The number of piperidine rings is 1. The number of hydrogen-bond acceptors (Lipinski definition) is 4. The van der Waals surface area contributed by atoms with Gasteiger partial charge in [-0.3, -0.25) is 14.6 Å². The van der Waals surface area contributed by atoms with Gasteiger partial charge in [-0.05, 0) is 25.7 Å². The van der Waals surface area contributed by atoms with E-state index in [9.17, 15) is 9.59 Å². The third kappa shape index (κ3) is 3.49. The van der Waals surface area contributed by atoms with E-state index in [2.05, 4.69) is 9.97 Å². The molecule has 0 radical (unpaired) electrons. The number of aliphatic carboxylic acids is 1. The minimum absolute atomic E-state index is 0.0357. The van der Waals surface area contributed by atoms with Gasteiger partial charge in [0, 0.05) is 25.7 Å². The van der Waals surface area contributed by atoms with Gasteiger partial charge in [-0.1, -0.05) is 0 Å². The van der Waals surface area contributed by atoms with E-state index in [0.717, 1.165) is 18.5 Å². The van der Waals surface area contributed by atoms with Crippen molar-refractivity contribution in [2.45, 2.75) is 26.2 Å². The Balaban J connectivity index is 2.02. The zero-order valence-corrected chi connectivity index (χ0v) is 10.9. The van der Waals surface area contributed by atoms with Gasteiger partial charge >= 0.3 is 5.97 Å². The maximum Gasteiger partial charge on any atom is 0.303 e. The molecule has 19 heavy (non-hydrogen) atoms. The number of carboxylic acids is 1. The molecule has 1 unspecified atom stereocenters. The molecule has 2 heterocycles. The van der Waals surface area contributed by atoms with E-state index in [1.807, 2.05) is 6.92 Å². The molecule has 0 aromatic carbocycles. The second kappa shape index (κ2) is 5.77. The number of carbonyl (C=O) groups is 2. The van der Waals surface area contributed by atoms with Crippen LogP contribution >= 0.6 is 0 Å². The lowest BCUT2D eigenvalue weighted by molar-refractivity contribution is -0.138. The summed E-state index contributed by atoms with van der Waals surface area (Å²) >= 11 is 0. The number of carboxylic acid groups (broad SMARTS) is 1. The van der Waals surface area contributed by atoms with Crippen LogP contribution in [-0.2, 0) is 4.79 Å². The van der Waals surface area contributed by atoms with Crippen molar-refractivity contribution in [2.24, 2.45) is 5.92 Å². The van der Waals surface area contributed by atoms with Crippen LogP contribution in [0.4, 0.5) is 0 Å². The predicted molar refractivity (Wildman–Crippen MR) is 67.6 cm³/mol. The Morgan fingerprint density at radius 2 is 2.21 bits per heavy atom. The van der Waals surface area contributed by atoms with E-state index >= 15 is 0 Å². The molecule has 1 aliphatic rings. The van der Waals surface area contributed by atoms with Crippen molar-refractivity contribution in [3.8, 4) is 0 Å². The summed E-state index contributed by atoms with van der Waals surface area (Å²) in [6.45, 7) is 2.95. The summed E-state index contributed by atoms with van der Waals surface area (Å²) in [5, 5.41) is 8.81. The summed E-state index contributed by atoms with van der Waals surface area (Å²) in [5.41, 5.74) is 1.08. The fourth-order valence-corrected chi connectivity index (χ4v) is 2.33. The van der Waals surface area contributed by atoms with Crippen molar-refractivity contribution >= 4 is 11.9 Å². The van der Waals surface area contributed by atoms with E-state index in [4.69, 9.17) is 5.11 Å². The molecule has 1 aromatic rings. The average Bonchev–Trinajstić information content (AvgIpc) is 2.38. The molecule has 1 saturated heterocycles. The fraction of sp³-hybridized carbons (Fsp3) is 0.538. The maximum atomic E-state index is 12.2. The number of nitrogens with zero attached hydrogens (tertiary/aromatic N) is 3. The van der Waals surface area contributed by atoms with Gasteiger partial charge in [-0.2, -0.15) is 0 Å². The monoisotopic (exact) mass is 263 g/mol. The highest BCUT2D eigenvalue weighted by Gasteiger charge is 2.26. The highest BCUT2D eigenvalue weighted by atomic mass is 16.4. The molecule has 6 heteroatoms. The van der Waals surface area contributed by atoms with Crippen LogP contribution in [0.25, 0.3) is 0 Å². The van der Waals surface area contributed by atoms with Crippen LogP contribution in [0, 0.1) is 12.8 Å². The summed E-state index contributed by atoms with van der Waals surface area (Å²) < 4.78 is 0. The third-order valence-corrected chi connectivity index (χ3v) is 3.27. The highest BCUT2D eigenvalue weighted by Crippen LogP contribution is 2.20. The van der Waals surface area contributed by atoms with Gasteiger partial charge in [0.05, 0.1) is 11.9 Å². The molecular weight excluding hydrogens is 246 g/mol. The lowest BCUT2D eigenvalue weighted by atomic mass is 9.95. The van der Waals surface area contributed by atoms with E-state index in [-0.39, 0.29) is 18.2 Å². The lowest BCUT2D eigenvalue weighted by Gasteiger charge is -2.31. The first-order chi connectivity index (χ1) is 9.06. The zero-order valence-electron chi connectivity index (χ0n) is 10.9. The number of amides is 1. The van der Waals surface area contributed by atoms with Crippen molar-refractivity contribution in [3.63, 3.8) is 0 Å². The molecule has 2 rings (SSSR count). The molecule has 1 aromatic heterocycles. The lowest BCUT2D eigenvalue weighted by Crippen LogP contribution is -2.40. The molecule has 1 aliphatic heterocycles. The summed E-state index contributed by atoms with van der Waals surface area (Å²) in [5.74, 6) is -0.939. The largest absolute Gasteiger partial charge is 0.481 e. The molecule has 0 saturated carbocycles. The number of hydrogen-bond donors (Lipinski definition) is 1. The molecule has 1 N–H and O–H groups in total. The number of aromatic nitrogens is 2. The molecule has 6 nitrogen and oxygen atoms in total. The van der Waals surface area contributed by atoms with Crippen molar-refractivity contribution in [1.82, 2.24) is 14.9 Å². The molecule has 1 fully saturated rings. The standard InChI is InChI=1S/C13H17N3O3/c1-9-6-15-11(7-14-9)13(19)16-4-2-3-10(8-16)5-12(17)18/h6-7,10H,2-5,8H2,1H3,(H,17,18). The summed E-state index contributed by atoms with van der Waals surface area (Å²) in [6, 6.07) is 0. The molecular formula is C13H17N3O3. The fourth-order valence-electron chi connectivity index (χ4n) is 2.33. The van der Waals surface area contributed by atoms with Crippen LogP contribution in [0.5, 0.6) is 0 Å². The molecule has 1 amide bonds. The van der Waals surface area contributed by atoms with Gasteiger partial charge in [0.25, 0.3) is 5.91 Å². The first-order valence-electron chi connectivity index (χ1n) is 6.36. The highest BCUT2D eigenvalue weighted by molar-refractivity contribution is 5.92. The van der Waals surface area contributed by atoms with Crippen LogP contribution in [0.2, 0.25) is 0 Å². The maximum absolute atomic E-state index is 12.2. The Hall–Kier alpha value is -1.98. The summed E-state index contributed by atoms with van der Waals surface area (Å²) in [6.07, 6.45) is 4.84. The minimum atomic E-state index is -0.811. The number of aryl methyl sites for hydroxylation is 1. The predicted octanol–water partition coefficient (Wildman–Crippen LogP) is 1.11. The third-order valence-electron chi connectivity index (χ3n) is 3.27. The van der Waals surface area contributed by atoms with E-state index in [1.54, 1.807) is 11.1 Å². The molecule has 0 aliphatic carbocycles. The smallest absolute Gasteiger partial charge is 0.303 e. The summed E-state index contributed by atoms with van der Waals surface area (Å²) in [7, 11) is 0. The SMILES string of the molecule is Cc1cnc(C(=O)N2CCCC(CC(=O)O)C2)cn1.